The van der Waals surface area contributed by atoms with Gasteiger partial charge in [-0.3, -0.25) is 4.79 Å². The normalized spacial score (nSPS) is 10.3. The van der Waals surface area contributed by atoms with Gasteiger partial charge in [-0.2, -0.15) is 0 Å². The van der Waals surface area contributed by atoms with E-state index in [4.69, 9.17) is 4.74 Å². The summed E-state index contributed by atoms with van der Waals surface area (Å²) >= 11 is 0. The zero-order chi connectivity index (χ0) is 16.5. The second-order valence-corrected chi connectivity index (χ2v) is 5.21. The molecule has 2 rings (SSSR count). The van der Waals surface area contributed by atoms with Crippen molar-refractivity contribution >= 4 is 17.3 Å². The summed E-state index contributed by atoms with van der Waals surface area (Å²) in [4.78, 5) is 16.1. The molecule has 0 unspecified atom stereocenters. The molecule has 122 valence electrons. The Morgan fingerprint density at radius 3 is 2.48 bits per heavy atom. The maximum absolute atomic E-state index is 11.9. The van der Waals surface area contributed by atoms with Crippen LogP contribution in [0.25, 0.3) is 0 Å². The van der Waals surface area contributed by atoms with Gasteiger partial charge < -0.3 is 15.4 Å². The van der Waals surface area contributed by atoms with Crippen molar-refractivity contribution in [1.82, 2.24) is 10.3 Å². The summed E-state index contributed by atoms with van der Waals surface area (Å²) in [6, 6.07) is 11.8. The van der Waals surface area contributed by atoms with E-state index in [9.17, 15) is 4.79 Å². The topological polar surface area (TPSA) is 63.2 Å². The van der Waals surface area contributed by atoms with Gasteiger partial charge in [0.25, 0.3) is 5.91 Å². The van der Waals surface area contributed by atoms with Gasteiger partial charge in [-0.25, -0.2) is 4.98 Å². The number of pyridine rings is 1. The van der Waals surface area contributed by atoms with Crippen molar-refractivity contribution in [3.63, 3.8) is 0 Å². The Bertz CT molecular complexity index is 609. The number of aromatic nitrogens is 1. The van der Waals surface area contributed by atoms with Gasteiger partial charge in [0.2, 0.25) is 0 Å². The first-order valence-corrected chi connectivity index (χ1v) is 7.82. The van der Waals surface area contributed by atoms with Gasteiger partial charge in [-0.1, -0.05) is 19.1 Å². The smallest absolute Gasteiger partial charge is 0.269 e. The van der Waals surface area contributed by atoms with E-state index in [2.05, 4.69) is 34.7 Å². The van der Waals surface area contributed by atoms with E-state index in [0.717, 1.165) is 24.2 Å². The number of carbonyl (C=O) groups excluding carboxylic acids is 1. The highest BCUT2D eigenvalue weighted by atomic mass is 16.5. The highest BCUT2D eigenvalue weighted by Crippen LogP contribution is 2.16. The number of amides is 1. The quantitative estimate of drug-likeness (QED) is 0.735. The minimum atomic E-state index is -0.167. The van der Waals surface area contributed by atoms with Crippen molar-refractivity contribution in [2.75, 3.05) is 25.6 Å². The summed E-state index contributed by atoms with van der Waals surface area (Å²) < 4.78 is 4.94. The molecule has 0 aliphatic heterocycles. The van der Waals surface area contributed by atoms with Crippen LogP contribution in [0.4, 0.5) is 11.4 Å². The molecule has 1 heterocycles. The first kappa shape index (κ1) is 17.0. The van der Waals surface area contributed by atoms with E-state index in [-0.39, 0.29) is 5.91 Å². The lowest BCUT2D eigenvalue weighted by Crippen LogP contribution is -2.26. The number of nitrogens with zero attached hydrogens (tertiary/aromatic N) is 1. The first-order valence-electron chi connectivity index (χ1n) is 7.82. The zero-order valence-corrected chi connectivity index (χ0v) is 13.6. The number of hydrogen-bond donors (Lipinski definition) is 2. The molecule has 2 aromatic rings. The van der Waals surface area contributed by atoms with E-state index >= 15 is 0 Å². The third kappa shape index (κ3) is 5.38. The Morgan fingerprint density at radius 1 is 1.13 bits per heavy atom. The van der Waals surface area contributed by atoms with Crippen LogP contribution >= 0.6 is 0 Å². The Balaban J connectivity index is 1.89. The number of aryl methyl sites for hydroxylation is 1. The summed E-state index contributed by atoms with van der Waals surface area (Å²) in [5.41, 5.74) is 3.56. The molecule has 2 N–H and O–H groups in total. The standard InChI is InChI=1S/C18H23N3O2/c1-3-14-5-7-15(8-6-14)21-16-9-10-17(20-13-16)18(22)19-11-4-12-23-2/h5-10,13,21H,3-4,11-12H2,1-2H3,(H,19,22). The molecule has 0 spiro atoms. The van der Waals surface area contributed by atoms with Gasteiger partial charge in [-0.05, 0) is 42.7 Å². The van der Waals surface area contributed by atoms with Crippen LogP contribution in [0.5, 0.6) is 0 Å². The second kappa shape index (κ2) is 8.90. The molecule has 5 nitrogen and oxygen atoms in total. The van der Waals surface area contributed by atoms with Gasteiger partial charge in [0.05, 0.1) is 11.9 Å². The Morgan fingerprint density at radius 2 is 1.87 bits per heavy atom. The predicted molar refractivity (Wildman–Crippen MR) is 92.2 cm³/mol. The van der Waals surface area contributed by atoms with Crippen molar-refractivity contribution < 1.29 is 9.53 Å². The number of nitrogens with one attached hydrogen (secondary N) is 2. The third-order valence-corrected chi connectivity index (χ3v) is 3.46. The van der Waals surface area contributed by atoms with Crippen molar-refractivity contribution in [3.05, 3.63) is 53.9 Å². The molecular weight excluding hydrogens is 290 g/mol. The fourth-order valence-electron chi connectivity index (χ4n) is 2.10. The van der Waals surface area contributed by atoms with E-state index in [1.54, 1.807) is 19.4 Å². The predicted octanol–water partition coefficient (Wildman–Crippen LogP) is 3.15. The summed E-state index contributed by atoms with van der Waals surface area (Å²) in [5, 5.41) is 6.08. The molecule has 0 aliphatic carbocycles. The second-order valence-electron chi connectivity index (χ2n) is 5.21. The monoisotopic (exact) mass is 313 g/mol. The molecule has 0 aliphatic rings. The van der Waals surface area contributed by atoms with E-state index in [1.165, 1.54) is 5.56 Å². The van der Waals surface area contributed by atoms with E-state index in [1.807, 2.05) is 18.2 Å². The number of ether oxygens (including phenoxy) is 1. The largest absolute Gasteiger partial charge is 0.385 e. The van der Waals surface area contributed by atoms with Gasteiger partial charge in [0.15, 0.2) is 0 Å². The Labute approximate surface area is 137 Å². The molecule has 1 amide bonds. The average molecular weight is 313 g/mol. The van der Waals surface area contributed by atoms with Crippen LogP contribution in [0.2, 0.25) is 0 Å². The number of carbonyl (C=O) groups is 1. The van der Waals surface area contributed by atoms with Crippen LogP contribution in [-0.2, 0) is 11.2 Å². The van der Waals surface area contributed by atoms with Gasteiger partial charge in [-0.15, -0.1) is 0 Å². The minimum Gasteiger partial charge on any atom is -0.385 e. The molecule has 1 aromatic heterocycles. The molecule has 0 saturated carbocycles. The van der Waals surface area contributed by atoms with Crippen molar-refractivity contribution in [3.8, 4) is 0 Å². The maximum Gasteiger partial charge on any atom is 0.269 e. The number of benzene rings is 1. The van der Waals surface area contributed by atoms with Gasteiger partial charge >= 0.3 is 0 Å². The highest BCUT2D eigenvalue weighted by molar-refractivity contribution is 5.92. The van der Waals surface area contributed by atoms with Crippen LogP contribution < -0.4 is 10.6 Å². The summed E-state index contributed by atoms with van der Waals surface area (Å²) in [5.74, 6) is -0.167. The van der Waals surface area contributed by atoms with Crippen LogP contribution in [-0.4, -0.2) is 31.2 Å². The SMILES string of the molecule is CCc1ccc(Nc2ccc(C(=O)NCCCOC)nc2)cc1. The number of hydrogen-bond acceptors (Lipinski definition) is 4. The van der Waals surface area contributed by atoms with Gasteiger partial charge in [0.1, 0.15) is 5.69 Å². The summed E-state index contributed by atoms with van der Waals surface area (Å²) in [7, 11) is 1.64. The Kier molecular flexibility index (Phi) is 6.56. The maximum atomic E-state index is 11.9. The summed E-state index contributed by atoms with van der Waals surface area (Å²) in [6.07, 6.45) is 3.48. The number of rotatable bonds is 8. The van der Waals surface area contributed by atoms with Crippen LogP contribution in [0.1, 0.15) is 29.4 Å². The van der Waals surface area contributed by atoms with Gasteiger partial charge in [0, 0.05) is 25.9 Å². The van der Waals surface area contributed by atoms with Crippen LogP contribution in [0.15, 0.2) is 42.6 Å². The molecular formula is C18H23N3O2. The van der Waals surface area contributed by atoms with Crippen molar-refractivity contribution in [1.29, 1.82) is 0 Å². The Hall–Kier alpha value is -2.40. The molecule has 0 atom stereocenters. The van der Waals surface area contributed by atoms with E-state index < -0.39 is 0 Å². The van der Waals surface area contributed by atoms with Crippen LogP contribution in [0.3, 0.4) is 0 Å². The zero-order valence-electron chi connectivity index (χ0n) is 13.6. The molecule has 1 aromatic carbocycles. The minimum absolute atomic E-state index is 0.167. The molecule has 0 bridgehead atoms. The lowest BCUT2D eigenvalue weighted by atomic mass is 10.1. The lowest BCUT2D eigenvalue weighted by Gasteiger charge is -2.08. The average Bonchev–Trinajstić information content (AvgIpc) is 2.60. The van der Waals surface area contributed by atoms with Crippen molar-refractivity contribution in [2.24, 2.45) is 0 Å². The molecule has 5 heteroatoms. The van der Waals surface area contributed by atoms with Crippen LogP contribution in [0, 0.1) is 0 Å². The first-order chi connectivity index (χ1) is 11.2. The highest BCUT2D eigenvalue weighted by Gasteiger charge is 2.06. The number of anilines is 2. The lowest BCUT2D eigenvalue weighted by molar-refractivity contribution is 0.0943. The molecule has 0 fully saturated rings. The fourth-order valence-corrected chi connectivity index (χ4v) is 2.10. The molecule has 0 saturated heterocycles. The summed E-state index contributed by atoms with van der Waals surface area (Å²) in [6.45, 7) is 3.34. The number of methoxy groups -OCH3 is 1. The fraction of sp³-hybridized carbons (Fsp3) is 0.333. The van der Waals surface area contributed by atoms with E-state index in [0.29, 0.717) is 18.8 Å². The third-order valence-electron chi connectivity index (χ3n) is 3.46. The molecule has 0 radical (unpaired) electrons. The van der Waals surface area contributed by atoms with Crippen molar-refractivity contribution in [2.45, 2.75) is 19.8 Å². The molecule has 23 heavy (non-hydrogen) atoms.